The van der Waals surface area contributed by atoms with Crippen molar-refractivity contribution in [1.29, 1.82) is 0 Å². The van der Waals surface area contributed by atoms with E-state index < -0.39 is 0 Å². The number of imidazole rings is 1. The van der Waals surface area contributed by atoms with Gasteiger partial charge in [0.25, 0.3) is 5.91 Å². The Morgan fingerprint density at radius 1 is 1.22 bits per heavy atom. The molecular formula is C18H18BrN3O. The van der Waals surface area contributed by atoms with E-state index in [1.165, 1.54) is 5.56 Å². The molecule has 3 rings (SSSR count). The fourth-order valence-corrected chi connectivity index (χ4v) is 2.94. The van der Waals surface area contributed by atoms with Gasteiger partial charge in [-0.1, -0.05) is 37.3 Å². The van der Waals surface area contributed by atoms with E-state index in [0.29, 0.717) is 12.2 Å². The number of pyridine rings is 1. The molecule has 0 radical (unpaired) electrons. The number of nitrogens with zero attached hydrogens (tertiary/aromatic N) is 2. The molecule has 0 aliphatic rings. The van der Waals surface area contributed by atoms with Gasteiger partial charge in [-0.15, -0.1) is 0 Å². The predicted octanol–water partition coefficient (Wildman–Crippen LogP) is 3.63. The van der Waals surface area contributed by atoms with Crippen molar-refractivity contribution in [1.82, 2.24) is 14.7 Å². The Morgan fingerprint density at radius 3 is 2.74 bits per heavy atom. The van der Waals surface area contributed by atoms with Crippen LogP contribution < -0.4 is 5.32 Å². The third-order valence-electron chi connectivity index (χ3n) is 3.75. The number of rotatable bonds is 5. The van der Waals surface area contributed by atoms with Crippen LogP contribution in [0.15, 0.2) is 53.1 Å². The summed E-state index contributed by atoms with van der Waals surface area (Å²) < 4.78 is 2.77. The van der Waals surface area contributed by atoms with E-state index >= 15 is 0 Å². The van der Waals surface area contributed by atoms with Gasteiger partial charge in [-0.25, -0.2) is 4.98 Å². The number of hydrogen-bond donors (Lipinski definition) is 1. The summed E-state index contributed by atoms with van der Waals surface area (Å²) in [6.07, 6.45) is 3.42. The van der Waals surface area contributed by atoms with Gasteiger partial charge in [-0.2, -0.15) is 0 Å². The summed E-state index contributed by atoms with van der Waals surface area (Å²) in [5.41, 5.74) is 3.44. The highest BCUT2D eigenvalue weighted by atomic mass is 79.9. The lowest BCUT2D eigenvalue weighted by molar-refractivity contribution is 0.0947. The quantitative estimate of drug-likeness (QED) is 0.744. The Morgan fingerprint density at radius 2 is 2.00 bits per heavy atom. The van der Waals surface area contributed by atoms with Crippen molar-refractivity contribution < 1.29 is 4.79 Å². The average molecular weight is 372 g/mol. The van der Waals surface area contributed by atoms with Gasteiger partial charge >= 0.3 is 0 Å². The normalized spacial score (nSPS) is 10.9. The molecule has 0 aliphatic carbocycles. The number of benzene rings is 1. The van der Waals surface area contributed by atoms with Crippen LogP contribution >= 0.6 is 15.9 Å². The molecule has 1 aromatic carbocycles. The van der Waals surface area contributed by atoms with Crippen LogP contribution in [-0.4, -0.2) is 21.8 Å². The van der Waals surface area contributed by atoms with E-state index in [2.05, 4.69) is 38.4 Å². The van der Waals surface area contributed by atoms with Crippen molar-refractivity contribution in [2.75, 3.05) is 6.54 Å². The standard InChI is InChI=1S/C18H18BrN3O/c1-2-15-17(22-12-14(19)8-9-16(22)21-15)18(23)20-11-10-13-6-4-3-5-7-13/h3-9,12H,2,10-11H2,1H3,(H,20,23). The van der Waals surface area contributed by atoms with Crippen molar-refractivity contribution in [2.45, 2.75) is 19.8 Å². The molecule has 0 fully saturated rings. The molecule has 1 N–H and O–H groups in total. The van der Waals surface area contributed by atoms with E-state index in [1.54, 1.807) is 0 Å². The van der Waals surface area contributed by atoms with Crippen LogP contribution in [0.25, 0.3) is 5.65 Å². The molecule has 0 saturated carbocycles. The summed E-state index contributed by atoms with van der Waals surface area (Å²) in [4.78, 5) is 17.2. The zero-order chi connectivity index (χ0) is 16.2. The van der Waals surface area contributed by atoms with Gasteiger partial charge in [0.2, 0.25) is 0 Å². The average Bonchev–Trinajstić information content (AvgIpc) is 2.93. The van der Waals surface area contributed by atoms with Crippen LogP contribution in [0.4, 0.5) is 0 Å². The minimum atomic E-state index is -0.0802. The van der Waals surface area contributed by atoms with E-state index in [0.717, 1.165) is 28.7 Å². The fourth-order valence-electron chi connectivity index (χ4n) is 2.60. The first-order chi connectivity index (χ1) is 11.2. The monoisotopic (exact) mass is 371 g/mol. The summed E-state index contributed by atoms with van der Waals surface area (Å²) in [6, 6.07) is 14.0. The molecular weight excluding hydrogens is 354 g/mol. The number of aryl methyl sites for hydroxylation is 1. The lowest BCUT2D eigenvalue weighted by atomic mass is 10.1. The van der Waals surface area contributed by atoms with E-state index in [4.69, 9.17) is 0 Å². The zero-order valence-corrected chi connectivity index (χ0v) is 14.5. The Balaban J connectivity index is 1.78. The Kier molecular flexibility index (Phi) is 4.76. The summed E-state index contributed by atoms with van der Waals surface area (Å²) in [5, 5.41) is 3.00. The number of fused-ring (bicyclic) bond motifs is 1. The van der Waals surface area contributed by atoms with Gasteiger partial charge in [0.1, 0.15) is 11.3 Å². The van der Waals surface area contributed by atoms with Gasteiger partial charge in [-0.3, -0.25) is 9.20 Å². The molecule has 23 heavy (non-hydrogen) atoms. The minimum absolute atomic E-state index is 0.0802. The van der Waals surface area contributed by atoms with Crippen molar-refractivity contribution in [2.24, 2.45) is 0 Å². The van der Waals surface area contributed by atoms with Crippen molar-refractivity contribution in [3.63, 3.8) is 0 Å². The Hall–Kier alpha value is -2.14. The SMILES string of the molecule is CCc1nc2ccc(Br)cn2c1C(=O)NCCc1ccccc1. The second kappa shape index (κ2) is 6.96. The molecule has 0 aliphatic heterocycles. The highest BCUT2D eigenvalue weighted by Crippen LogP contribution is 2.17. The number of hydrogen-bond acceptors (Lipinski definition) is 2. The van der Waals surface area contributed by atoms with Gasteiger partial charge in [0, 0.05) is 17.2 Å². The third-order valence-corrected chi connectivity index (χ3v) is 4.22. The molecule has 3 aromatic rings. The summed E-state index contributed by atoms with van der Waals surface area (Å²) in [7, 11) is 0. The summed E-state index contributed by atoms with van der Waals surface area (Å²) in [6.45, 7) is 2.62. The molecule has 118 valence electrons. The summed E-state index contributed by atoms with van der Waals surface area (Å²) in [5.74, 6) is -0.0802. The number of amides is 1. The van der Waals surface area contributed by atoms with Crippen LogP contribution in [-0.2, 0) is 12.8 Å². The second-order valence-electron chi connectivity index (χ2n) is 5.33. The van der Waals surface area contributed by atoms with E-state index in [-0.39, 0.29) is 5.91 Å². The number of carbonyl (C=O) groups is 1. The molecule has 2 heterocycles. The van der Waals surface area contributed by atoms with Gasteiger partial charge in [-0.05, 0) is 46.5 Å². The number of nitrogens with one attached hydrogen (secondary N) is 1. The minimum Gasteiger partial charge on any atom is -0.350 e. The number of aromatic nitrogens is 2. The first-order valence-electron chi connectivity index (χ1n) is 7.67. The van der Waals surface area contributed by atoms with Gasteiger partial charge < -0.3 is 5.32 Å². The molecule has 5 heteroatoms. The van der Waals surface area contributed by atoms with E-state index in [1.807, 2.05) is 47.9 Å². The smallest absolute Gasteiger partial charge is 0.270 e. The largest absolute Gasteiger partial charge is 0.350 e. The molecule has 0 unspecified atom stereocenters. The molecule has 2 aromatic heterocycles. The van der Waals surface area contributed by atoms with Crippen molar-refractivity contribution in [3.8, 4) is 0 Å². The lowest BCUT2D eigenvalue weighted by Gasteiger charge is -2.07. The number of halogens is 1. The first-order valence-corrected chi connectivity index (χ1v) is 8.47. The van der Waals surface area contributed by atoms with Crippen molar-refractivity contribution >= 4 is 27.5 Å². The topological polar surface area (TPSA) is 46.4 Å². The maximum absolute atomic E-state index is 12.6. The van der Waals surface area contributed by atoms with Crippen LogP contribution in [0.2, 0.25) is 0 Å². The molecule has 1 amide bonds. The first kappa shape index (κ1) is 15.7. The highest BCUT2D eigenvalue weighted by Gasteiger charge is 2.17. The van der Waals surface area contributed by atoms with Gasteiger partial charge in [0.05, 0.1) is 5.69 Å². The highest BCUT2D eigenvalue weighted by molar-refractivity contribution is 9.10. The second-order valence-corrected chi connectivity index (χ2v) is 6.24. The molecule has 0 bridgehead atoms. The van der Waals surface area contributed by atoms with Crippen LogP contribution in [0.5, 0.6) is 0 Å². The molecule has 0 atom stereocenters. The van der Waals surface area contributed by atoms with Crippen LogP contribution in [0.1, 0.15) is 28.7 Å². The Bertz CT molecular complexity index is 827. The third kappa shape index (κ3) is 3.45. The van der Waals surface area contributed by atoms with Gasteiger partial charge in [0.15, 0.2) is 0 Å². The van der Waals surface area contributed by atoms with Crippen molar-refractivity contribution in [3.05, 3.63) is 70.1 Å². The van der Waals surface area contributed by atoms with Crippen LogP contribution in [0.3, 0.4) is 0 Å². The maximum Gasteiger partial charge on any atom is 0.270 e. The molecule has 0 spiro atoms. The van der Waals surface area contributed by atoms with Crippen LogP contribution in [0, 0.1) is 0 Å². The number of carbonyl (C=O) groups excluding carboxylic acids is 1. The lowest BCUT2D eigenvalue weighted by Crippen LogP contribution is -2.27. The van der Waals surface area contributed by atoms with E-state index in [9.17, 15) is 4.79 Å². The maximum atomic E-state index is 12.6. The fraction of sp³-hybridized carbons (Fsp3) is 0.222. The summed E-state index contributed by atoms with van der Waals surface area (Å²) >= 11 is 3.45. The predicted molar refractivity (Wildman–Crippen MR) is 94.7 cm³/mol. The molecule has 4 nitrogen and oxygen atoms in total. The molecule has 0 saturated heterocycles. The zero-order valence-electron chi connectivity index (χ0n) is 12.9. The Labute approximate surface area is 143 Å².